The Morgan fingerprint density at radius 3 is 2.50 bits per heavy atom. The summed E-state index contributed by atoms with van der Waals surface area (Å²) in [5, 5.41) is 6.39. The highest BCUT2D eigenvalue weighted by Gasteiger charge is 2.28. The minimum atomic E-state index is -3.38. The average molecular weight is 573 g/mol. The number of hydrogen-bond acceptors (Lipinski definition) is 4. The van der Waals surface area contributed by atoms with Gasteiger partial charge in [-0.3, -0.25) is 9.30 Å². The van der Waals surface area contributed by atoms with Gasteiger partial charge in [0.2, 0.25) is 10.0 Å². The number of anilines is 1. The molecule has 2 N–H and O–H groups in total. The Hall–Kier alpha value is -2.01. The first kappa shape index (κ1) is 26.2. The van der Waals surface area contributed by atoms with Gasteiger partial charge in [-0.2, -0.15) is 0 Å². The number of ether oxygens (including phenoxy) is 1. The lowest BCUT2D eigenvalue weighted by Gasteiger charge is -2.20. The van der Waals surface area contributed by atoms with Gasteiger partial charge in [0.25, 0.3) is 0 Å². The van der Waals surface area contributed by atoms with Crippen molar-refractivity contribution in [1.29, 1.82) is 0 Å². The summed E-state index contributed by atoms with van der Waals surface area (Å²) in [6.45, 7) is 3.73. The van der Waals surface area contributed by atoms with Gasteiger partial charge in [-0.1, -0.05) is 37.3 Å². The first-order valence-corrected chi connectivity index (χ1v) is 12.2. The zero-order valence-electron chi connectivity index (χ0n) is 18.9. The third kappa shape index (κ3) is 6.74. The molecule has 1 unspecified atom stereocenters. The quantitative estimate of drug-likeness (QED) is 0.274. The van der Waals surface area contributed by atoms with E-state index in [1.807, 2.05) is 36.4 Å². The van der Waals surface area contributed by atoms with E-state index in [0.717, 1.165) is 36.4 Å². The second-order valence-corrected chi connectivity index (χ2v) is 9.67. The standard InChI is InChI=1S/C23H32N4O3S.HI/c1-18(19-8-10-21(30-3)11-9-19)12-14-25-23(24-2)26-15-17-31(28,29)27-16-13-20-6-4-5-7-22(20)27;/h4-11,18H,12-17H2,1-3H3,(H2,24,25,26);1H. The third-order valence-corrected chi connectivity index (χ3v) is 7.38. The topological polar surface area (TPSA) is 83.0 Å². The van der Waals surface area contributed by atoms with Gasteiger partial charge < -0.3 is 15.4 Å². The molecule has 0 aromatic heterocycles. The number of rotatable bonds is 9. The zero-order chi connectivity index (χ0) is 22.3. The van der Waals surface area contributed by atoms with Crippen LogP contribution in [0.3, 0.4) is 0 Å². The number of guanidine groups is 1. The molecule has 2 aromatic carbocycles. The Balaban J connectivity index is 0.00000363. The van der Waals surface area contributed by atoms with E-state index in [4.69, 9.17) is 4.74 Å². The molecule has 0 saturated carbocycles. The first-order valence-electron chi connectivity index (χ1n) is 10.6. The maximum Gasteiger partial charge on any atom is 0.236 e. The molecule has 1 heterocycles. The predicted octanol–water partition coefficient (Wildman–Crippen LogP) is 3.36. The van der Waals surface area contributed by atoms with Crippen LogP contribution in [0.5, 0.6) is 5.75 Å². The minimum Gasteiger partial charge on any atom is -0.497 e. The lowest BCUT2D eigenvalue weighted by Crippen LogP contribution is -2.42. The van der Waals surface area contributed by atoms with E-state index in [2.05, 4.69) is 34.7 Å². The molecule has 0 spiro atoms. The Kier molecular flexibility index (Phi) is 10.1. The van der Waals surface area contributed by atoms with Gasteiger partial charge >= 0.3 is 0 Å². The molecule has 0 fully saturated rings. The number of hydrogen-bond donors (Lipinski definition) is 2. The van der Waals surface area contributed by atoms with Gasteiger partial charge in [0, 0.05) is 26.7 Å². The molecule has 0 radical (unpaired) electrons. The van der Waals surface area contributed by atoms with Crippen LogP contribution in [0, 0.1) is 0 Å². The molecule has 2 aromatic rings. The van der Waals surface area contributed by atoms with Gasteiger partial charge in [-0.15, -0.1) is 24.0 Å². The summed E-state index contributed by atoms with van der Waals surface area (Å²) < 4.78 is 32.3. The van der Waals surface area contributed by atoms with Crippen LogP contribution in [0.15, 0.2) is 53.5 Å². The Labute approximate surface area is 208 Å². The normalized spacial score (nSPS) is 14.3. The monoisotopic (exact) mass is 572 g/mol. The van der Waals surface area contributed by atoms with Crippen molar-refractivity contribution in [1.82, 2.24) is 10.6 Å². The molecular formula is C23H33IN4O3S. The van der Waals surface area contributed by atoms with E-state index in [1.165, 1.54) is 9.87 Å². The zero-order valence-corrected chi connectivity index (χ0v) is 22.0. The second-order valence-electron chi connectivity index (χ2n) is 7.66. The number of halogens is 1. The Bertz CT molecular complexity index is 997. The maximum absolute atomic E-state index is 12.8. The van der Waals surface area contributed by atoms with Gasteiger partial charge in [0.1, 0.15) is 5.75 Å². The highest BCUT2D eigenvalue weighted by Crippen LogP contribution is 2.29. The number of nitrogens with zero attached hydrogens (tertiary/aromatic N) is 2. The van der Waals surface area contributed by atoms with E-state index in [9.17, 15) is 8.42 Å². The average Bonchev–Trinajstić information content (AvgIpc) is 3.23. The van der Waals surface area contributed by atoms with Crippen molar-refractivity contribution < 1.29 is 13.2 Å². The minimum absolute atomic E-state index is 0. The van der Waals surface area contributed by atoms with Crippen LogP contribution in [0.25, 0.3) is 0 Å². The number of benzene rings is 2. The molecule has 1 aliphatic heterocycles. The molecule has 0 aliphatic carbocycles. The Morgan fingerprint density at radius 2 is 1.81 bits per heavy atom. The van der Waals surface area contributed by atoms with Gasteiger partial charge in [-0.05, 0) is 48.1 Å². The fraction of sp³-hybridized carbons (Fsp3) is 0.435. The summed E-state index contributed by atoms with van der Waals surface area (Å²) in [6, 6.07) is 15.8. The van der Waals surface area contributed by atoms with E-state index in [-0.39, 0.29) is 29.7 Å². The van der Waals surface area contributed by atoms with Crippen molar-refractivity contribution in [2.75, 3.05) is 43.8 Å². The first-order chi connectivity index (χ1) is 14.9. The van der Waals surface area contributed by atoms with E-state index in [1.54, 1.807) is 14.2 Å². The van der Waals surface area contributed by atoms with Crippen molar-refractivity contribution in [3.05, 3.63) is 59.7 Å². The van der Waals surface area contributed by atoms with Crippen LogP contribution in [0.4, 0.5) is 5.69 Å². The number of methoxy groups -OCH3 is 1. The summed E-state index contributed by atoms with van der Waals surface area (Å²) in [4.78, 5) is 4.20. The molecule has 0 amide bonds. The molecular weight excluding hydrogens is 539 g/mol. The third-order valence-electron chi connectivity index (χ3n) is 5.61. The fourth-order valence-electron chi connectivity index (χ4n) is 3.73. The van der Waals surface area contributed by atoms with Crippen LogP contribution >= 0.6 is 24.0 Å². The van der Waals surface area contributed by atoms with Gasteiger partial charge in [0.15, 0.2) is 5.96 Å². The Morgan fingerprint density at radius 1 is 1.12 bits per heavy atom. The molecule has 7 nitrogen and oxygen atoms in total. The van der Waals surface area contributed by atoms with Crippen LogP contribution in [-0.4, -0.2) is 53.9 Å². The van der Waals surface area contributed by atoms with Crippen molar-refractivity contribution in [2.24, 2.45) is 4.99 Å². The van der Waals surface area contributed by atoms with Crippen molar-refractivity contribution in [2.45, 2.75) is 25.7 Å². The molecule has 176 valence electrons. The number of sulfonamides is 1. The molecule has 1 aliphatic rings. The summed E-state index contributed by atoms with van der Waals surface area (Å²) in [6.07, 6.45) is 1.69. The summed E-state index contributed by atoms with van der Waals surface area (Å²) in [7, 11) is -0.0243. The van der Waals surface area contributed by atoms with Crippen molar-refractivity contribution >= 4 is 45.6 Å². The van der Waals surface area contributed by atoms with Crippen LogP contribution in [0.2, 0.25) is 0 Å². The largest absolute Gasteiger partial charge is 0.497 e. The molecule has 0 bridgehead atoms. The van der Waals surface area contributed by atoms with Crippen LogP contribution in [-0.2, 0) is 16.4 Å². The highest BCUT2D eigenvalue weighted by atomic mass is 127. The van der Waals surface area contributed by atoms with Gasteiger partial charge in [0.05, 0.1) is 18.6 Å². The van der Waals surface area contributed by atoms with Crippen LogP contribution < -0.4 is 19.7 Å². The lowest BCUT2D eigenvalue weighted by molar-refractivity contribution is 0.414. The number of aliphatic imine (C=N–C) groups is 1. The van der Waals surface area contributed by atoms with E-state index < -0.39 is 10.0 Å². The van der Waals surface area contributed by atoms with Crippen molar-refractivity contribution in [3.63, 3.8) is 0 Å². The molecule has 32 heavy (non-hydrogen) atoms. The lowest BCUT2D eigenvalue weighted by atomic mass is 9.98. The number of nitrogens with one attached hydrogen (secondary N) is 2. The molecule has 0 saturated heterocycles. The SMILES string of the molecule is CN=C(NCCC(C)c1ccc(OC)cc1)NCCS(=O)(=O)N1CCc2ccccc21.I. The number of fused-ring (bicyclic) bond motifs is 1. The number of para-hydroxylation sites is 1. The highest BCUT2D eigenvalue weighted by molar-refractivity contribution is 14.0. The van der Waals surface area contributed by atoms with Crippen molar-refractivity contribution in [3.8, 4) is 5.75 Å². The van der Waals surface area contributed by atoms with Crippen LogP contribution in [0.1, 0.15) is 30.4 Å². The van der Waals surface area contributed by atoms with Gasteiger partial charge in [-0.25, -0.2) is 8.42 Å². The second kappa shape index (κ2) is 12.3. The van der Waals surface area contributed by atoms with E-state index in [0.29, 0.717) is 25.0 Å². The molecule has 3 rings (SSSR count). The molecule has 1 atom stereocenters. The maximum atomic E-state index is 12.8. The molecule has 9 heteroatoms. The predicted molar refractivity (Wildman–Crippen MR) is 142 cm³/mol. The smallest absolute Gasteiger partial charge is 0.236 e. The fourth-order valence-corrected chi connectivity index (χ4v) is 5.16. The van der Waals surface area contributed by atoms with E-state index >= 15 is 0 Å². The summed E-state index contributed by atoms with van der Waals surface area (Å²) in [5.74, 6) is 1.86. The summed E-state index contributed by atoms with van der Waals surface area (Å²) in [5.41, 5.74) is 3.14. The summed E-state index contributed by atoms with van der Waals surface area (Å²) >= 11 is 0.